The molecular formula is C7H3ClF3N3. The number of halogens is 4. The quantitative estimate of drug-likeness (QED) is 0.541. The Balaban J connectivity index is 3.50. The third kappa shape index (κ3) is 1.88. The summed E-state index contributed by atoms with van der Waals surface area (Å²) in [5.74, 6) is -0.514. The maximum atomic E-state index is 12.3. The number of rotatable bonds is 0. The highest BCUT2D eigenvalue weighted by Gasteiger charge is 2.35. The van der Waals surface area contributed by atoms with Crippen LogP contribution in [0.3, 0.4) is 0 Å². The highest BCUT2D eigenvalue weighted by atomic mass is 35.5. The van der Waals surface area contributed by atoms with Gasteiger partial charge in [-0.25, -0.2) is 9.83 Å². The lowest BCUT2D eigenvalue weighted by Gasteiger charge is -2.09. The predicted octanol–water partition coefficient (Wildman–Crippen LogP) is 2.89. The van der Waals surface area contributed by atoms with Gasteiger partial charge in [0.1, 0.15) is 11.0 Å². The van der Waals surface area contributed by atoms with Gasteiger partial charge in [-0.3, -0.25) is 0 Å². The number of aromatic nitrogens is 1. The molecule has 74 valence electrons. The molecule has 14 heavy (non-hydrogen) atoms. The molecule has 0 saturated heterocycles. The molecule has 0 saturated carbocycles. The third-order valence-corrected chi connectivity index (χ3v) is 1.60. The van der Waals surface area contributed by atoms with Gasteiger partial charge in [0.2, 0.25) is 5.69 Å². The van der Waals surface area contributed by atoms with Crippen LogP contribution in [0.25, 0.3) is 4.85 Å². The number of pyridine rings is 1. The highest BCUT2D eigenvalue weighted by molar-refractivity contribution is 6.29. The molecule has 0 aliphatic heterocycles. The zero-order valence-electron chi connectivity index (χ0n) is 6.56. The van der Waals surface area contributed by atoms with Crippen LogP contribution in [-0.4, -0.2) is 4.98 Å². The number of hydrogen-bond donors (Lipinski definition) is 1. The molecule has 0 aliphatic carbocycles. The molecule has 0 aliphatic rings. The smallest absolute Gasteiger partial charge is 0.392 e. The zero-order chi connectivity index (χ0) is 10.9. The Morgan fingerprint density at radius 3 is 2.50 bits per heavy atom. The van der Waals surface area contributed by atoms with E-state index in [4.69, 9.17) is 23.9 Å². The molecule has 0 spiro atoms. The van der Waals surface area contributed by atoms with Crippen LogP contribution < -0.4 is 5.73 Å². The van der Waals surface area contributed by atoms with Crippen molar-refractivity contribution in [1.82, 2.24) is 4.98 Å². The molecule has 0 bridgehead atoms. The molecule has 0 atom stereocenters. The number of hydrogen-bond acceptors (Lipinski definition) is 2. The number of anilines is 1. The van der Waals surface area contributed by atoms with Crippen LogP contribution in [0.1, 0.15) is 5.56 Å². The van der Waals surface area contributed by atoms with Crippen molar-refractivity contribution in [2.75, 3.05) is 5.73 Å². The summed E-state index contributed by atoms with van der Waals surface area (Å²) in [6, 6.07) is 0.575. The molecular weight excluding hydrogens is 219 g/mol. The van der Waals surface area contributed by atoms with E-state index in [2.05, 4.69) is 9.83 Å². The van der Waals surface area contributed by atoms with Crippen LogP contribution in [-0.2, 0) is 6.18 Å². The van der Waals surface area contributed by atoms with E-state index in [1.54, 1.807) is 0 Å². The number of nitrogen functional groups attached to an aromatic ring is 1. The van der Waals surface area contributed by atoms with Gasteiger partial charge in [0.15, 0.2) is 0 Å². The lowest BCUT2D eigenvalue weighted by atomic mass is 10.2. The first-order chi connectivity index (χ1) is 6.36. The van der Waals surface area contributed by atoms with E-state index in [1.807, 2.05) is 0 Å². The highest BCUT2D eigenvalue weighted by Crippen LogP contribution is 2.39. The topological polar surface area (TPSA) is 43.3 Å². The van der Waals surface area contributed by atoms with E-state index in [0.717, 1.165) is 0 Å². The summed E-state index contributed by atoms with van der Waals surface area (Å²) in [6.45, 7) is 6.54. The van der Waals surface area contributed by atoms with Crippen LogP contribution in [0.4, 0.5) is 24.7 Å². The van der Waals surface area contributed by atoms with Crippen LogP contribution in [0.5, 0.6) is 0 Å². The minimum atomic E-state index is -4.65. The van der Waals surface area contributed by atoms with Crippen molar-refractivity contribution < 1.29 is 13.2 Å². The average molecular weight is 222 g/mol. The van der Waals surface area contributed by atoms with Crippen molar-refractivity contribution in [3.63, 3.8) is 0 Å². The Hall–Kier alpha value is -1.48. The van der Waals surface area contributed by atoms with Gasteiger partial charge in [-0.05, 0) is 6.07 Å². The van der Waals surface area contributed by atoms with Crippen LogP contribution in [0, 0.1) is 6.57 Å². The van der Waals surface area contributed by atoms with Crippen molar-refractivity contribution in [3.8, 4) is 0 Å². The molecule has 1 heterocycles. The second kappa shape index (κ2) is 3.35. The molecule has 1 aromatic rings. The van der Waals surface area contributed by atoms with Gasteiger partial charge in [-0.2, -0.15) is 13.2 Å². The van der Waals surface area contributed by atoms with Gasteiger partial charge in [0.25, 0.3) is 0 Å². The Morgan fingerprint density at radius 1 is 1.50 bits per heavy atom. The fourth-order valence-electron chi connectivity index (χ4n) is 0.859. The minimum Gasteiger partial charge on any atom is -0.392 e. The summed E-state index contributed by atoms with van der Waals surface area (Å²) in [4.78, 5) is 6.01. The molecule has 0 radical (unpaired) electrons. The molecule has 0 fully saturated rings. The van der Waals surface area contributed by atoms with Gasteiger partial charge < -0.3 is 5.73 Å². The van der Waals surface area contributed by atoms with E-state index < -0.39 is 23.2 Å². The summed E-state index contributed by atoms with van der Waals surface area (Å²) < 4.78 is 36.9. The van der Waals surface area contributed by atoms with Crippen molar-refractivity contribution in [2.45, 2.75) is 6.18 Å². The summed E-state index contributed by atoms with van der Waals surface area (Å²) in [7, 11) is 0. The largest absolute Gasteiger partial charge is 0.407 e. The van der Waals surface area contributed by atoms with Crippen molar-refractivity contribution in [1.29, 1.82) is 0 Å². The van der Waals surface area contributed by atoms with E-state index in [1.165, 1.54) is 0 Å². The van der Waals surface area contributed by atoms with Crippen molar-refractivity contribution in [2.24, 2.45) is 0 Å². The molecule has 0 amide bonds. The summed E-state index contributed by atoms with van der Waals surface area (Å²) in [5, 5.41) is -0.387. The first-order valence-electron chi connectivity index (χ1n) is 3.27. The fraction of sp³-hybridized carbons (Fsp3) is 0.143. The Bertz CT molecular complexity index is 408. The standard InChI is InChI=1S/C7H3ClF3N3/c1-13-5-3(7(9,10)11)2-4(8)14-6(5)12/h2H,(H2,12,14). The first-order valence-corrected chi connectivity index (χ1v) is 3.64. The van der Waals surface area contributed by atoms with E-state index in [9.17, 15) is 13.2 Å². The Kier molecular flexibility index (Phi) is 2.53. The molecule has 7 heteroatoms. The molecule has 1 rings (SSSR count). The van der Waals surface area contributed by atoms with E-state index in [0.29, 0.717) is 6.07 Å². The Morgan fingerprint density at radius 2 is 2.07 bits per heavy atom. The van der Waals surface area contributed by atoms with Crippen molar-refractivity contribution in [3.05, 3.63) is 28.2 Å². The average Bonchev–Trinajstić information content (AvgIpc) is 2.01. The lowest BCUT2D eigenvalue weighted by molar-refractivity contribution is -0.136. The van der Waals surface area contributed by atoms with E-state index >= 15 is 0 Å². The number of nitrogens with two attached hydrogens (primary N) is 1. The monoisotopic (exact) mass is 221 g/mol. The van der Waals surface area contributed by atoms with Crippen LogP contribution in [0.2, 0.25) is 5.15 Å². The predicted molar refractivity (Wildman–Crippen MR) is 44.9 cm³/mol. The summed E-state index contributed by atoms with van der Waals surface area (Å²) in [5.41, 5.74) is 3.24. The van der Waals surface area contributed by atoms with Gasteiger partial charge >= 0.3 is 6.18 Å². The maximum Gasteiger partial charge on any atom is 0.407 e. The Labute approximate surface area is 82.1 Å². The van der Waals surface area contributed by atoms with Crippen LogP contribution >= 0.6 is 11.6 Å². The molecule has 2 N–H and O–H groups in total. The summed E-state index contributed by atoms with van der Waals surface area (Å²) >= 11 is 5.29. The van der Waals surface area contributed by atoms with Gasteiger partial charge in [-0.1, -0.05) is 11.6 Å². The second-order valence-electron chi connectivity index (χ2n) is 2.34. The second-order valence-corrected chi connectivity index (χ2v) is 2.72. The fourth-order valence-corrected chi connectivity index (χ4v) is 1.06. The van der Waals surface area contributed by atoms with Gasteiger partial charge in [0.05, 0.1) is 12.1 Å². The first kappa shape index (κ1) is 10.6. The number of nitrogens with zero attached hydrogens (tertiary/aromatic N) is 2. The third-order valence-electron chi connectivity index (χ3n) is 1.41. The minimum absolute atomic E-state index is 0.387. The number of alkyl halides is 3. The van der Waals surface area contributed by atoms with Crippen molar-refractivity contribution >= 4 is 23.1 Å². The molecule has 0 aromatic carbocycles. The zero-order valence-corrected chi connectivity index (χ0v) is 7.32. The lowest BCUT2D eigenvalue weighted by Crippen LogP contribution is -2.07. The molecule has 0 unspecified atom stereocenters. The SMILES string of the molecule is [C-]#[N+]c1c(C(F)(F)F)cc(Cl)nc1N. The normalized spacial score (nSPS) is 11.1. The van der Waals surface area contributed by atoms with Crippen LogP contribution in [0.15, 0.2) is 6.07 Å². The maximum absolute atomic E-state index is 12.3. The molecule has 3 nitrogen and oxygen atoms in total. The summed E-state index contributed by atoms with van der Waals surface area (Å²) in [6.07, 6.45) is -4.65. The molecule has 1 aromatic heterocycles. The van der Waals surface area contributed by atoms with Gasteiger partial charge in [-0.15, -0.1) is 0 Å². The van der Waals surface area contributed by atoms with Gasteiger partial charge in [0, 0.05) is 0 Å². The van der Waals surface area contributed by atoms with E-state index in [-0.39, 0.29) is 5.15 Å².